The number of hydrogen-bond acceptors (Lipinski definition) is 4. The van der Waals surface area contributed by atoms with Gasteiger partial charge < -0.3 is 10.5 Å². The fourth-order valence-electron chi connectivity index (χ4n) is 1.35. The van der Waals surface area contributed by atoms with E-state index >= 15 is 0 Å². The number of pyridine rings is 1. The highest BCUT2D eigenvalue weighted by molar-refractivity contribution is 9.10. The lowest BCUT2D eigenvalue weighted by Crippen LogP contribution is -2.01. The summed E-state index contributed by atoms with van der Waals surface area (Å²) in [6.45, 7) is 0.627. The second-order valence-electron chi connectivity index (χ2n) is 3.55. The van der Waals surface area contributed by atoms with Gasteiger partial charge in [-0.25, -0.2) is 4.98 Å². The summed E-state index contributed by atoms with van der Waals surface area (Å²) in [5, 5.41) is 0.858. The van der Waals surface area contributed by atoms with Gasteiger partial charge in [-0.15, -0.1) is 11.8 Å². The lowest BCUT2D eigenvalue weighted by atomic mass is 10.3. The molecule has 2 aromatic rings. The zero-order valence-corrected chi connectivity index (χ0v) is 12.1. The predicted molar refractivity (Wildman–Crippen MR) is 79.0 cm³/mol. The summed E-state index contributed by atoms with van der Waals surface area (Å²) in [6.07, 6.45) is 1.74. The Hall–Kier alpha value is -1.20. The Balaban J connectivity index is 1.76. The molecule has 0 fully saturated rings. The van der Waals surface area contributed by atoms with Crippen molar-refractivity contribution in [2.75, 3.05) is 18.1 Å². The molecule has 3 nitrogen and oxygen atoms in total. The quantitative estimate of drug-likeness (QED) is 0.674. The van der Waals surface area contributed by atoms with Crippen LogP contribution in [0.5, 0.6) is 5.75 Å². The van der Waals surface area contributed by atoms with E-state index in [1.165, 1.54) is 0 Å². The van der Waals surface area contributed by atoms with E-state index in [0.717, 1.165) is 21.0 Å². The lowest BCUT2D eigenvalue weighted by Gasteiger charge is -2.06. The molecule has 0 radical (unpaired) electrons. The highest BCUT2D eigenvalue weighted by atomic mass is 79.9. The van der Waals surface area contributed by atoms with Crippen molar-refractivity contribution in [2.45, 2.75) is 5.03 Å². The Bertz CT molecular complexity index is 505. The number of aromatic nitrogens is 1. The van der Waals surface area contributed by atoms with Crippen LogP contribution in [0, 0.1) is 0 Å². The number of thioether (sulfide) groups is 1. The van der Waals surface area contributed by atoms with E-state index in [1.807, 2.05) is 36.4 Å². The fraction of sp³-hybridized carbons (Fsp3) is 0.154. The van der Waals surface area contributed by atoms with E-state index in [4.69, 9.17) is 10.5 Å². The van der Waals surface area contributed by atoms with Crippen molar-refractivity contribution >= 4 is 33.4 Å². The van der Waals surface area contributed by atoms with E-state index in [9.17, 15) is 0 Å². The third kappa shape index (κ3) is 3.92. The van der Waals surface area contributed by atoms with Crippen LogP contribution in [0.3, 0.4) is 0 Å². The summed E-state index contributed by atoms with van der Waals surface area (Å²) in [6, 6.07) is 11.5. The first-order chi connectivity index (χ1) is 8.75. The van der Waals surface area contributed by atoms with Crippen LogP contribution >= 0.6 is 27.7 Å². The molecule has 0 amide bonds. The average Bonchev–Trinajstić information content (AvgIpc) is 2.39. The monoisotopic (exact) mass is 324 g/mol. The molecular weight excluding hydrogens is 312 g/mol. The second kappa shape index (κ2) is 6.66. The molecule has 0 atom stereocenters. The van der Waals surface area contributed by atoms with Gasteiger partial charge in [0.15, 0.2) is 0 Å². The zero-order chi connectivity index (χ0) is 12.8. The van der Waals surface area contributed by atoms with Gasteiger partial charge >= 0.3 is 0 Å². The number of hydrogen-bond donors (Lipinski definition) is 1. The number of rotatable bonds is 5. The van der Waals surface area contributed by atoms with Crippen LogP contribution in [-0.4, -0.2) is 17.3 Å². The summed E-state index contributed by atoms with van der Waals surface area (Å²) in [5.41, 5.74) is 6.52. The maximum absolute atomic E-state index is 5.80. The number of ether oxygens (including phenoxy) is 1. The molecule has 1 aromatic carbocycles. The van der Waals surface area contributed by atoms with Crippen LogP contribution in [0.25, 0.3) is 0 Å². The summed E-state index contributed by atoms with van der Waals surface area (Å²) in [5.74, 6) is 1.69. The SMILES string of the molecule is Nc1cccnc1SCCOc1ccc(Br)cc1. The van der Waals surface area contributed by atoms with Crippen molar-refractivity contribution in [3.63, 3.8) is 0 Å². The molecule has 18 heavy (non-hydrogen) atoms. The lowest BCUT2D eigenvalue weighted by molar-refractivity contribution is 0.344. The van der Waals surface area contributed by atoms with Crippen LogP contribution in [0.1, 0.15) is 0 Å². The van der Waals surface area contributed by atoms with Crippen molar-refractivity contribution in [3.05, 3.63) is 47.1 Å². The molecule has 0 saturated heterocycles. The third-order valence-electron chi connectivity index (χ3n) is 2.21. The van der Waals surface area contributed by atoms with Crippen LogP contribution in [0.2, 0.25) is 0 Å². The smallest absolute Gasteiger partial charge is 0.119 e. The van der Waals surface area contributed by atoms with Crippen LogP contribution < -0.4 is 10.5 Å². The molecule has 0 aliphatic heterocycles. The molecule has 0 aliphatic rings. The van der Waals surface area contributed by atoms with Crippen molar-refractivity contribution < 1.29 is 4.74 Å². The standard InChI is InChI=1S/C13H13BrN2OS/c14-10-3-5-11(6-4-10)17-8-9-18-13-12(15)2-1-7-16-13/h1-7H,8-9,15H2. The van der Waals surface area contributed by atoms with Crippen LogP contribution in [-0.2, 0) is 0 Å². The van der Waals surface area contributed by atoms with Gasteiger partial charge in [-0.05, 0) is 36.4 Å². The van der Waals surface area contributed by atoms with Crippen molar-refractivity contribution in [1.82, 2.24) is 4.98 Å². The number of anilines is 1. The largest absolute Gasteiger partial charge is 0.493 e. The summed E-state index contributed by atoms with van der Waals surface area (Å²) >= 11 is 4.98. The number of nitrogens with two attached hydrogens (primary N) is 1. The normalized spacial score (nSPS) is 10.3. The van der Waals surface area contributed by atoms with Crippen LogP contribution in [0.15, 0.2) is 52.1 Å². The first-order valence-electron chi connectivity index (χ1n) is 5.47. The molecule has 94 valence electrons. The van der Waals surface area contributed by atoms with Gasteiger partial charge in [0, 0.05) is 16.4 Å². The molecular formula is C13H13BrN2OS. The second-order valence-corrected chi connectivity index (χ2v) is 5.55. The van der Waals surface area contributed by atoms with Gasteiger partial charge in [-0.2, -0.15) is 0 Å². The summed E-state index contributed by atoms with van der Waals surface area (Å²) in [4.78, 5) is 4.21. The molecule has 0 saturated carbocycles. The van der Waals surface area contributed by atoms with E-state index in [2.05, 4.69) is 20.9 Å². The topological polar surface area (TPSA) is 48.1 Å². The Morgan fingerprint density at radius 3 is 2.72 bits per heavy atom. The molecule has 1 aromatic heterocycles. The maximum Gasteiger partial charge on any atom is 0.119 e. The Labute approximate surface area is 119 Å². The van der Waals surface area contributed by atoms with Gasteiger partial charge in [0.05, 0.1) is 12.3 Å². The van der Waals surface area contributed by atoms with Crippen LogP contribution in [0.4, 0.5) is 5.69 Å². The molecule has 0 spiro atoms. The zero-order valence-electron chi connectivity index (χ0n) is 9.67. The van der Waals surface area contributed by atoms with Crippen molar-refractivity contribution in [1.29, 1.82) is 0 Å². The molecule has 0 bridgehead atoms. The average molecular weight is 325 g/mol. The van der Waals surface area contributed by atoms with Gasteiger partial charge in [0.2, 0.25) is 0 Å². The van der Waals surface area contributed by atoms with Gasteiger partial charge in [0.1, 0.15) is 10.8 Å². The third-order valence-corrected chi connectivity index (χ3v) is 3.72. The Morgan fingerprint density at radius 2 is 2.00 bits per heavy atom. The highest BCUT2D eigenvalue weighted by Crippen LogP contribution is 2.22. The minimum Gasteiger partial charge on any atom is -0.493 e. The minimum absolute atomic E-state index is 0.627. The predicted octanol–water partition coefficient (Wildman–Crippen LogP) is 3.60. The van der Waals surface area contributed by atoms with E-state index in [0.29, 0.717) is 12.3 Å². The molecule has 0 aliphatic carbocycles. The highest BCUT2D eigenvalue weighted by Gasteiger charge is 2.00. The van der Waals surface area contributed by atoms with Gasteiger partial charge in [-0.1, -0.05) is 15.9 Å². The molecule has 2 N–H and O–H groups in total. The first-order valence-corrected chi connectivity index (χ1v) is 7.25. The minimum atomic E-state index is 0.627. The van der Waals surface area contributed by atoms with Crippen molar-refractivity contribution in [3.8, 4) is 5.75 Å². The van der Waals surface area contributed by atoms with E-state index in [-0.39, 0.29) is 0 Å². The summed E-state index contributed by atoms with van der Waals surface area (Å²) in [7, 11) is 0. The molecule has 5 heteroatoms. The number of nitrogens with zero attached hydrogens (tertiary/aromatic N) is 1. The molecule has 0 unspecified atom stereocenters. The molecule has 1 heterocycles. The Morgan fingerprint density at radius 1 is 1.22 bits per heavy atom. The van der Waals surface area contributed by atoms with E-state index in [1.54, 1.807) is 18.0 Å². The van der Waals surface area contributed by atoms with Gasteiger partial charge in [0.25, 0.3) is 0 Å². The fourth-order valence-corrected chi connectivity index (χ4v) is 2.35. The molecule has 2 rings (SSSR count). The maximum atomic E-state index is 5.80. The number of nitrogen functional groups attached to an aromatic ring is 1. The Kier molecular flexibility index (Phi) is 4.90. The number of benzene rings is 1. The van der Waals surface area contributed by atoms with Gasteiger partial charge in [-0.3, -0.25) is 0 Å². The summed E-state index contributed by atoms with van der Waals surface area (Å²) < 4.78 is 6.66. The first kappa shape index (κ1) is 13.2. The van der Waals surface area contributed by atoms with E-state index < -0.39 is 0 Å². The van der Waals surface area contributed by atoms with Crippen molar-refractivity contribution in [2.24, 2.45) is 0 Å². The number of halogens is 1.